The molecule has 0 aromatic heterocycles. The fourth-order valence-electron chi connectivity index (χ4n) is 3.62. The number of benzene rings is 1. The van der Waals surface area contributed by atoms with Crippen molar-refractivity contribution in [3.8, 4) is 0 Å². The normalized spacial score (nSPS) is 21.2. The Kier molecular flexibility index (Phi) is 13.0. The largest absolute Gasteiger partial charge is 0.356 e. The first-order valence-corrected chi connectivity index (χ1v) is 11.5. The summed E-state index contributed by atoms with van der Waals surface area (Å²) >= 11 is 0. The third-order valence-electron chi connectivity index (χ3n) is 5.12. The van der Waals surface area contributed by atoms with Crippen LogP contribution in [-0.2, 0) is 17.2 Å². The van der Waals surface area contributed by atoms with Crippen LogP contribution in [0.3, 0.4) is 0 Å². The summed E-state index contributed by atoms with van der Waals surface area (Å²) in [5.74, 6) is 1.66. The first-order valence-electron chi connectivity index (χ1n) is 10.1. The zero-order chi connectivity index (χ0) is 18.6. The highest BCUT2D eigenvalue weighted by Gasteiger charge is 2.25. The molecule has 0 amide bonds. The molecule has 1 saturated carbocycles. The van der Waals surface area contributed by atoms with Gasteiger partial charge in [0.2, 0.25) is 0 Å². The van der Waals surface area contributed by atoms with E-state index in [0.717, 1.165) is 56.8 Å². The van der Waals surface area contributed by atoms with Gasteiger partial charge < -0.3 is 10.6 Å². The Morgan fingerprint density at radius 2 is 1.96 bits per heavy atom. The summed E-state index contributed by atoms with van der Waals surface area (Å²) in [4.78, 5) is 4.36. The topological polar surface area (TPSA) is 53.5 Å². The average Bonchev–Trinajstić information content (AvgIpc) is 2.70. The van der Waals surface area contributed by atoms with E-state index in [9.17, 15) is 4.21 Å². The molecule has 1 aliphatic rings. The van der Waals surface area contributed by atoms with E-state index in [1.165, 1.54) is 18.4 Å². The predicted molar refractivity (Wildman–Crippen MR) is 129 cm³/mol. The van der Waals surface area contributed by atoms with Crippen LogP contribution in [0.15, 0.2) is 35.3 Å². The van der Waals surface area contributed by atoms with Crippen LogP contribution in [0.4, 0.5) is 0 Å². The lowest BCUT2D eigenvalue weighted by Crippen LogP contribution is -2.46. The van der Waals surface area contributed by atoms with Gasteiger partial charge in [0.05, 0.1) is 0 Å². The van der Waals surface area contributed by atoms with Gasteiger partial charge >= 0.3 is 0 Å². The molecule has 6 heteroatoms. The summed E-state index contributed by atoms with van der Waals surface area (Å²) in [7, 11) is 1.15. The predicted octanol–water partition coefficient (Wildman–Crippen LogP) is 4.26. The van der Waals surface area contributed by atoms with E-state index in [1.54, 1.807) is 0 Å². The number of nitrogens with one attached hydrogen (secondary N) is 2. The van der Waals surface area contributed by atoms with Crippen LogP contribution in [0.2, 0.25) is 0 Å². The molecule has 0 saturated heterocycles. The van der Waals surface area contributed by atoms with Gasteiger partial charge in [-0.2, -0.15) is 0 Å². The molecule has 2 rings (SSSR count). The molecule has 3 atom stereocenters. The maximum absolute atomic E-state index is 12.1. The first kappa shape index (κ1) is 24.4. The minimum Gasteiger partial charge on any atom is -0.356 e. The number of guanidine groups is 1. The van der Waals surface area contributed by atoms with E-state index in [4.69, 9.17) is 0 Å². The Balaban J connectivity index is 0.00000364. The Morgan fingerprint density at radius 3 is 2.67 bits per heavy atom. The minimum absolute atomic E-state index is 0. The van der Waals surface area contributed by atoms with Crippen LogP contribution in [-0.4, -0.2) is 40.8 Å². The molecule has 2 N–H and O–H groups in total. The number of nitrogens with zero attached hydrogens (tertiary/aromatic N) is 1. The lowest BCUT2D eigenvalue weighted by Gasteiger charge is -2.30. The number of hydrogen-bond donors (Lipinski definition) is 2. The van der Waals surface area contributed by atoms with Gasteiger partial charge in [0.1, 0.15) is 0 Å². The van der Waals surface area contributed by atoms with Crippen LogP contribution >= 0.6 is 24.0 Å². The van der Waals surface area contributed by atoms with Crippen molar-refractivity contribution in [1.82, 2.24) is 10.6 Å². The summed E-state index contributed by atoms with van der Waals surface area (Å²) in [6, 6.07) is 11.1. The van der Waals surface area contributed by atoms with Crippen molar-refractivity contribution in [3.05, 3.63) is 35.9 Å². The number of hydrogen-bond acceptors (Lipinski definition) is 2. The van der Waals surface area contributed by atoms with Gasteiger partial charge in [-0.3, -0.25) is 9.20 Å². The zero-order valence-corrected chi connectivity index (χ0v) is 19.9. The number of unbranched alkanes of at least 4 members (excludes halogenated alkanes) is 2. The van der Waals surface area contributed by atoms with Gasteiger partial charge in [0, 0.05) is 41.4 Å². The van der Waals surface area contributed by atoms with E-state index < -0.39 is 10.8 Å². The highest BCUT2D eigenvalue weighted by atomic mass is 127. The molecule has 154 valence electrons. The van der Waals surface area contributed by atoms with Gasteiger partial charge in [0.25, 0.3) is 0 Å². The van der Waals surface area contributed by atoms with Crippen LogP contribution in [0, 0.1) is 0 Å². The fraction of sp³-hybridized carbons (Fsp3) is 0.667. The molecule has 0 heterocycles. The van der Waals surface area contributed by atoms with Gasteiger partial charge in [-0.25, -0.2) is 0 Å². The van der Waals surface area contributed by atoms with Crippen molar-refractivity contribution in [2.24, 2.45) is 4.99 Å². The second kappa shape index (κ2) is 14.4. The zero-order valence-electron chi connectivity index (χ0n) is 16.8. The minimum atomic E-state index is -0.676. The van der Waals surface area contributed by atoms with Gasteiger partial charge in [0.15, 0.2) is 5.96 Å². The SMILES string of the molecule is CCS(=O)C1CCCC(NC(=NC)NCCCCCc2ccccc2)C1.I. The standard InChI is InChI=1S/C21H35N3OS.HI/c1-3-26(25)20-15-10-14-19(17-20)24-21(22-2)23-16-9-5-8-13-18-11-6-4-7-12-18;/h4,6-7,11-12,19-20H,3,5,8-10,13-17H2,1-2H3,(H2,22,23,24);1H. The van der Waals surface area contributed by atoms with Crippen molar-refractivity contribution in [2.75, 3.05) is 19.3 Å². The summed E-state index contributed by atoms with van der Waals surface area (Å²) in [5.41, 5.74) is 1.43. The molecule has 1 aromatic carbocycles. The molecule has 1 fully saturated rings. The van der Waals surface area contributed by atoms with Crippen molar-refractivity contribution in [3.63, 3.8) is 0 Å². The van der Waals surface area contributed by atoms with E-state index >= 15 is 0 Å². The monoisotopic (exact) mass is 505 g/mol. The van der Waals surface area contributed by atoms with Crippen LogP contribution < -0.4 is 10.6 Å². The van der Waals surface area contributed by atoms with Crippen molar-refractivity contribution >= 4 is 40.7 Å². The number of aliphatic imine (C=N–C) groups is 1. The second-order valence-electron chi connectivity index (χ2n) is 7.09. The van der Waals surface area contributed by atoms with Crippen molar-refractivity contribution < 1.29 is 4.21 Å². The quantitative estimate of drug-likeness (QED) is 0.228. The van der Waals surface area contributed by atoms with Crippen molar-refractivity contribution in [1.29, 1.82) is 0 Å². The molecule has 1 aromatic rings. The number of rotatable bonds is 9. The summed E-state index contributed by atoms with van der Waals surface area (Å²) < 4.78 is 12.1. The highest BCUT2D eigenvalue weighted by Crippen LogP contribution is 2.22. The molecule has 27 heavy (non-hydrogen) atoms. The van der Waals surface area contributed by atoms with E-state index in [2.05, 4.69) is 46.0 Å². The van der Waals surface area contributed by atoms with Crippen LogP contribution in [0.1, 0.15) is 57.4 Å². The lowest BCUT2D eigenvalue weighted by atomic mass is 9.95. The molecule has 0 bridgehead atoms. The Bertz CT molecular complexity index is 568. The fourth-order valence-corrected chi connectivity index (χ4v) is 4.97. The molecule has 1 aliphatic carbocycles. The molecular weight excluding hydrogens is 469 g/mol. The third kappa shape index (κ3) is 9.41. The Morgan fingerprint density at radius 1 is 1.19 bits per heavy atom. The van der Waals surface area contributed by atoms with Gasteiger partial charge in [-0.15, -0.1) is 24.0 Å². The lowest BCUT2D eigenvalue weighted by molar-refractivity contribution is 0.413. The van der Waals surface area contributed by atoms with E-state index in [0.29, 0.717) is 11.3 Å². The molecule has 0 spiro atoms. The average molecular weight is 506 g/mol. The number of halogens is 1. The van der Waals surface area contributed by atoms with Gasteiger partial charge in [-0.1, -0.05) is 50.1 Å². The molecular formula is C21H36IN3OS. The third-order valence-corrected chi connectivity index (χ3v) is 6.87. The molecule has 0 aliphatic heterocycles. The highest BCUT2D eigenvalue weighted by molar-refractivity contribution is 14.0. The Labute approximate surface area is 184 Å². The first-order chi connectivity index (χ1) is 12.7. The molecule has 4 nitrogen and oxygen atoms in total. The molecule has 3 unspecified atom stereocenters. The second-order valence-corrected chi connectivity index (χ2v) is 9.10. The van der Waals surface area contributed by atoms with Crippen molar-refractivity contribution in [2.45, 2.75) is 69.6 Å². The maximum Gasteiger partial charge on any atom is 0.191 e. The summed E-state index contributed by atoms with van der Waals surface area (Å²) in [6.45, 7) is 2.97. The maximum atomic E-state index is 12.1. The smallest absolute Gasteiger partial charge is 0.191 e. The van der Waals surface area contributed by atoms with Crippen LogP contribution in [0.5, 0.6) is 0 Å². The Hall–Kier alpha value is -0.630. The summed E-state index contributed by atoms with van der Waals surface area (Å²) in [5, 5.41) is 7.32. The van der Waals surface area contributed by atoms with E-state index in [-0.39, 0.29) is 24.0 Å². The van der Waals surface area contributed by atoms with Gasteiger partial charge in [-0.05, 0) is 44.1 Å². The molecule has 0 radical (unpaired) electrons. The summed E-state index contributed by atoms with van der Waals surface area (Å²) in [6.07, 6.45) is 9.17. The van der Waals surface area contributed by atoms with Crippen LogP contribution in [0.25, 0.3) is 0 Å². The number of aryl methyl sites for hydroxylation is 1. The van der Waals surface area contributed by atoms with E-state index in [1.807, 2.05) is 14.0 Å².